The number of para-hydroxylation sites is 1. The monoisotopic (exact) mass is 328 g/mol. The lowest BCUT2D eigenvalue weighted by Crippen LogP contribution is -2.06. The van der Waals surface area contributed by atoms with E-state index >= 15 is 0 Å². The van der Waals surface area contributed by atoms with Gasteiger partial charge in [0.05, 0.1) is 11.2 Å². The number of aromatic hydroxyl groups is 1. The largest absolute Gasteiger partial charge is 0.506 e. The molecule has 5 nitrogen and oxygen atoms in total. The molecule has 0 aliphatic rings. The average molecular weight is 329 g/mol. The molecule has 0 radical (unpaired) electrons. The SMILES string of the molecule is CCCNc1nc(Nc2cc(Cl)ccc2O)nc2ccccc12. The summed E-state index contributed by atoms with van der Waals surface area (Å²) in [5.41, 5.74) is 1.29. The second-order valence-corrected chi connectivity index (χ2v) is 5.56. The molecule has 23 heavy (non-hydrogen) atoms. The molecule has 3 N–H and O–H groups in total. The van der Waals surface area contributed by atoms with Gasteiger partial charge < -0.3 is 15.7 Å². The highest BCUT2D eigenvalue weighted by Gasteiger charge is 2.09. The molecule has 0 bridgehead atoms. The van der Waals surface area contributed by atoms with E-state index in [2.05, 4.69) is 27.5 Å². The summed E-state index contributed by atoms with van der Waals surface area (Å²) in [7, 11) is 0. The lowest BCUT2D eigenvalue weighted by atomic mass is 10.2. The van der Waals surface area contributed by atoms with Crippen molar-refractivity contribution in [1.29, 1.82) is 0 Å². The number of halogens is 1. The lowest BCUT2D eigenvalue weighted by Gasteiger charge is -2.12. The molecule has 0 spiro atoms. The second kappa shape index (κ2) is 6.71. The van der Waals surface area contributed by atoms with Crippen molar-refractivity contribution in [2.75, 3.05) is 17.2 Å². The Morgan fingerprint density at radius 2 is 1.96 bits per heavy atom. The van der Waals surface area contributed by atoms with Crippen LogP contribution in [0.4, 0.5) is 17.5 Å². The third-order valence-electron chi connectivity index (χ3n) is 3.35. The second-order valence-electron chi connectivity index (χ2n) is 5.13. The highest BCUT2D eigenvalue weighted by atomic mass is 35.5. The van der Waals surface area contributed by atoms with Gasteiger partial charge in [-0.3, -0.25) is 0 Å². The Morgan fingerprint density at radius 3 is 2.78 bits per heavy atom. The van der Waals surface area contributed by atoms with Gasteiger partial charge in [-0.15, -0.1) is 0 Å². The molecule has 0 atom stereocenters. The highest BCUT2D eigenvalue weighted by Crippen LogP contribution is 2.30. The summed E-state index contributed by atoms with van der Waals surface area (Å²) in [6.07, 6.45) is 0.996. The van der Waals surface area contributed by atoms with Gasteiger partial charge in [0.2, 0.25) is 5.95 Å². The van der Waals surface area contributed by atoms with E-state index in [1.165, 1.54) is 6.07 Å². The molecular formula is C17H17ClN4O. The fourth-order valence-corrected chi connectivity index (χ4v) is 2.41. The molecule has 3 rings (SSSR count). The molecule has 0 saturated carbocycles. The van der Waals surface area contributed by atoms with Gasteiger partial charge in [0, 0.05) is 17.0 Å². The first-order valence-electron chi connectivity index (χ1n) is 7.43. The third-order valence-corrected chi connectivity index (χ3v) is 3.59. The van der Waals surface area contributed by atoms with E-state index in [-0.39, 0.29) is 5.75 Å². The number of aromatic nitrogens is 2. The maximum Gasteiger partial charge on any atom is 0.229 e. The molecule has 0 unspecified atom stereocenters. The Kier molecular flexibility index (Phi) is 4.48. The maximum atomic E-state index is 9.93. The van der Waals surface area contributed by atoms with Gasteiger partial charge in [-0.2, -0.15) is 4.98 Å². The van der Waals surface area contributed by atoms with E-state index in [1.807, 2.05) is 24.3 Å². The van der Waals surface area contributed by atoms with Gasteiger partial charge in [-0.1, -0.05) is 30.7 Å². The van der Waals surface area contributed by atoms with Crippen molar-refractivity contribution in [3.05, 3.63) is 47.5 Å². The van der Waals surface area contributed by atoms with Crippen LogP contribution in [0.3, 0.4) is 0 Å². The molecule has 0 saturated heterocycles. The summed E-state index contributed by atoms with van der Waals surface area (Å²) in [6, 6.07) is 12.6. The molecule has 2 aromatic carbocycles. The minimum Gasteiger partial charge on any atom is -0.506 e. The van der Waals surface area contributed by atoms with Crippen molar-refractivity contribution in [1.82, 2.24) is 9.97 Å². The molecule has 0 fully saturated rings. The van der Waals surface area contributed by atoms with E-state index < -0.39 is 0 Å². The van der Waals surface area contributed by atoms with Crippen molar-refractivity contribution < 1.29 is 5.11 Å². The summed E-state index contributed by atoms with van der Waals surface area (Å²) in [5, 5.41) is 17.7. The summed E-state index contributed by atoms with van der Waals surface area (Å²) in [6.45, 7) is 2.92. The van der Waals surface area contributed by atoms with Crippen LogP contribution in [-0.4, -0.2) is 21.6 Å². The minimum atomic E-state index is 0.0919. The zero-order valence-corrected chi connectivity index (χ0v) is 13.4. The Hall–Kier alpha value is -2.53. The van der Waals surface area contributed by atoms with E-state index in [9.17, 15) is 5.11 Å². The average Bonchev–Trinajstić information content (AvgIpc) is 2.56. The number of nitrogens with zero attached hydrogens (tertiary/aromatic N) is 2. The van der Waals surface area contributed by atoms with Gasteiger partial charge in [0.25, 0.3) is 0 Å². The number of anilines is 3. The van der Waals surface area contributed by atoms with Crippen LogP contribution in [0, 0.1) is 0 Å². The predicted octanol–water partition coefficient (Wildman–Crippen LogP) is 4.55. The van der Waals surface area contributed by atoms with Crippen LogP contribution in [0.15, 0.2) is 42.5 Å². The predicted molar refractivity (Wildman–Crippen MR) is 94.7 cm³/mol. The number of phenols is 1. The molecule has 3 aromatic rings. The summed E-state index contributed by atoms with van der Waals surface area (Å²) in [5.74, 6) is 1.26. The van der Waals surface area contributed by atoms with E-state index in [4.69, 9.17) is 11.6 Å². The number of rotatable bonds is 5. The minimum absolute atomic E-state index is 0.0919. The van der Waals surface area contributed by atoms with E-state index in [1.54, 1.807) is 12.1 Å². The van der Waals surface area contributed by atoms with Crippen molar-refractivity contribution in [3.63, 3.8) is 0 Å². The first kappa shape index (κ1) is 15.4. The van der Waals surface area contributed by atoms with Crippen LogP contribution in [-0.2, 0) is 0 Å². The normalized spacial score (nSPS) is 10.7. The topological polar surface area (TPSA) is 70.1 Å². The van der Waals surface area contributed by atoms with Crippen molar-refractivity contribution in [2.24, 2.45) is 0 Å². The molecule has 6 heteroatoms. The quantitative estimate of drug-likeness (QED) is 0.599. The zero-order valence-electron chi connectivity index (χ0n) is 12.7. The van der Waals surface area contributed by atoms with Crippen molar-refractivity contribution >= 4 is 40.0 Å². The van der Waals surface area contributed by atoms with Gasteiger partial charge in [0.15, 0.2) is 0 Å². The van der Waals surface area contributed by atoms with Crippen LogP contribution in [0.2, 0.25) is 5.02 Å². The smallest absolute Gasteiger partial charge is 0.229 e. The fourth-order valence-electron chi connectivity index (χ4n) is 2.24. The number of fused-ring (bicyclic) bond motifs is 1. The molecule has 0 aliphatic heterocycles. The summed E-state index contributed by atoms with van der Waals surface area (Å²) < 4.78 is 0. The van der Waals surface area contributed by atoms with Crippen molar-refractivity contribution in [2.45, 2.75) is 13.3 Å². The number of hydrogen-bond donors (Lipinski definition) is 3. The third kappa shape index (κ3) is 3.46. The van der Waals surface area contributed by atoms with E-state index in [0.29, 0.717) is 16.7 Å². The van der Waals surface area contributed by atoms with Gasteiger partial charge in [0.1, 0.15) is 11.6 Å². The molecule has 1 heterocycles. The number of hydrogen-bond acceptors (Lipinski definition) is 5. The number of benzene rings is 2. The van der Waals surface area contributed by atoms with Gasteiger partial charge in [-0.25, -0.2) is 4.98 Å². The fraction of sp³-hybridized carbons (Fsp3) is 0.176. The van der Waals surface area contributed by atoms with E-state index in [0.717, 1.165) is 29.7 Å². The first-order valence-corrected chi connectivity index (χ1v) is 7.81. The Morgan fingerprint density at radius 1 is 1.13 bits per heavy atom. The Labute approximate surface area is 139 Å². The lowest BCUT2D eigenvalue weighted by molar-refractivity contribution is 0.477. The molecule has 0 amide bonds. The van der Waals surface area contributed by atoms with Crippen LogP contribution in [0.1, 0.15) is 13.3 Å². The molecule has 1 aromatic heterocycles. The summed E-state index contributed by atoms with van der Waals surface area (Å²) in [4.78, 5) is 9.01. The first-order chi connectivity index (χ1) is 11.2. The molecular weight excluding hydrogens is 312 g/mol. The molecule has 118 valence electrons. The maximum absolute atomic E-state index is 9.93. The Bertz CT molecular complexity index is 838. The van der Waals surface area contributed by atoms with Crippen LogP contribution >= 0.6 is 11.6 Å². The van der Waals surface area contributed by atoms with Gasteiger partial charge in [-0.05, 0) is 36.8 Å². The summed E-state index contributed by atoms with van der Waals surface area (Å²) >= 11 is 5.97. The van der Waals surface area contributed by atoms with Gasteiger partial charge >= 0.3 is 0 Å². The van der Waals surface area contributed by atoms with Crippen LogP contribution in [0.25, 0.3) is 10.9 Å². The molecule has 0 aliphatic carbocycles. The number of phenolic OH excluding ortho intramolecular Hbond substituents is 1. The van der Waals surface area contributed by atoms with Crippen LogP contribution < -0.4 is 10.6 Å². The zero-order chi connectivity index (χ0) is 16.2. The Balaban J connectivity index is 2.02. The standard InChI is InChI=1S/C17H17ClN4O/c1-2-9-19-16-12-5-3-4-6-13(12)20-17(22-16)21-14-10-11(18)7-8-15(14)23/h3-8,10,23H,2,9H2,1H3,(H2,19,20,21,22). The van der Waals surface area contributed by atoms with Crippen molar-refractivity contribution in [3.8, 4) is 5.75 Å². The highest BCUT2D eigenvalue weighted by molar-refractivity contribution is 6.31. The number of nitrogens with one attached hydrogen (secondary N) is 2. The van der Waals surface area contributed by atoms with Crippen LogP contribution in [0.5, 0.6) is 5.75 Å².